The highest BCUT2D eigenvalue weighted by atomic mass is 16.5. The highest BCUT2D eigenvalue weighted by molar-refractivity contribution is 6.09. The second-order valence-corrected chi connectivity index (χ2v) is 12.8. The van der Waals surface area contributed by atoms with Crippen molar-refractivity contribution in [2.75, 3.05) is 4.90 Å². The van der Waals surface area contributed by atoms with Gasteiger partial charge in [-0.3, -0.25) is 4.57 Å². The van der Waals surface area contributed by atoms with Crippen LogP contribution in [0.5, 0.6) is 11.5 Å². The first-order valence-electron chi connectivity index (χ1n) is 16.3. The standard InChI is InChI=1S/C42H33N5O/c1-42(2,29-11-4-3-5-12-29)30-21-22-43-40(25-30)47-38-18-9-6-15-34(38)35-20-19-33(27-39(35)47)48-32-14-10-13-31(26-32)46-28-45-24-23-44-41(45)36-16-7-8-17-37(36)46/h3-27H,28H2,1-2H3. The van der Waals surface area contributed by atoms with Gasteiger partial charge in [0.25, 0.3) is 0 Å². The summed E-state index contributed by atoms with van der Waals surface area (Å²) in [4.78, 5) is 11.8. The number of anilines is 2. The molecule has 0 saturated carbocycles. The lowest BCUT2D eigenvalue weighted by Gasteiger charge is -2.32. The quantitative estimate of drug-likeness (QED) is 0.185. The van der Waals surface area contributed by atoms with E-state index in [0.29, 0.717) is 6.67 Å². The predicted octanol–water partition coefficient (Wildman–Crippen LogP) is 10.3. The number of fused-ring (bicyclic) bond motifs is 6. The van der Waals surface area contributed by atoms with Crippen LogP contribution in [0.3, 0.4) is 0 Å². The van der Waals surface area contributed by atoms with E-state index in [4.69, 9.17) is 9.72 Å². The van der Waals surface area contributed by atoms with E-state index in [1.54, 1.807) is 0 Å². The Balaban J connectivity index is 1.11. The minimum Gasteiger partial charge on any atom is -0.457 e. The Labute approximate surface area is 279 Å². The van der Waals surface area contributed by atoms with Crippen molar-refractivity contribution in [3.05, 3.63) is 163 Å². The molecule has 0 unspecified atom stereocenters. The maximum atomic E-state index is 6.60. The number of imidazole rings is 1. The summed E-state index contributed by atoms with van der Waals surface area (Å²) in [6.45, 7) is 5.21. The molecule has 0 atom stereocenters. The summed E-state index contributed by atoms with van der Waals surface area (Å²) in [5.41, 5.74) is 7.73. The largest absolute Gasteiger partial charge is 0.457 e. The zero-order chi connectivity index (χ0) is 32.2. The molecule has 5 aromatic carbocycles. The molecule has 0 spiro atoms. The fourth-order valence-corrected chi connectivity index (χ4v) is 7.08. The molecule has 8 aromatic rings. The maximum Gasteiger partial charge on any atom is 0.143 e. The lowest BCUT2D eigenvalue weighted by atomic mass is 9.78. The van der Waals surface area contributed by atoms with Gasteiger partial charge in [-0.1, -0.05) is 80.6 Å². The predicted molar refractivity (Wildman–Crippen MR) is 193 cm³/mol. The summed E-state index contributed by atoms with van der Waals surface area (Å²) >= 11 is 0. The number of nitrogens with zero attached hydrogens (tertiary/aromatic N) is 5. The zero-order valence-electron chi connectivity index (χ0n) is 26.8. The van der Waals surface area contributed by atoms with Gasteiger partial charge in [0.05, 0.1) is 16.7 Å². The van der Waals surface area contributed by atoms with Crippen molar-refractivity contribution in [3.63, 3.8) is 0 Å². The minimum atomic E-state index is -0.189. The van der Waals surface area contributed by atoms with Crippen LogP contribution >= 0.6 is 0 Å². The highest BCUT2D eigenvalue weighted by Gasteiger charge is 2.25. The average molecular weight is 624 g/mol. The van der Waals surface area contributed by atoms with Gasteiger partial charge in [0.2, 0.25) is 0 Å². The van der Waals surface area contributed by atoms with Gasteiger partial charge in [-0.25, -0.2) is 9.97 Å². The molecule has 0 aliphatic carbocycles. The molecule has 9 rings (SSSR count). The topological polar surface area (TPSA) is 48.1 Å². The number of hydrogen-bond donors (Lipinski definition) is 0. The number of aromatic nitrogens is 4. The summed E-state index contributed by atoms with van der Waals surface area (Å²) in [6.07, 6.45) is 5.81. The van der Waals surface area contributed by atoms with Crippen LogP contribution in [0.4, 0.5) is 11.4 Å². The molecule has 232 valence electrons. The van der Waals surface area contributed by atoms with Gasteiger partial charge >= 0.3 is 0 Å². The molecule has 1 aliphatic heterocycles. The van der Waals surface area contributed by atoms with Crippen molar-refractivity contribution in [1.29, 1.82) is 0 Å². The molecule has 48 heavy (non-hydrogen) atoms. The molecule has 4 heterocycles. The summed E-state index contributed by atoms with van der Waals surface area (Å²) in [7, 11) is 0. The molecule has 1 aliphatic rings. The Morgan fingerprint density at radius 1 is 0.625 bits per heavy atom. The molecular weight excluding hydrogens is 590 g/mol. The second-order valence-electron chi connectivity index (χ2n) is 12.8. The molecule has 3 aromatic heterocycles. The molecule has 6 heteroatoms. The zero-order valence-corrected chi connectivity index (χ0v) is 26.8. The fourth-order valence-electron chi connectivity index (χ4n) is 7.08. The van der Waals surface area contributed by atoms with Crippen molar-refractivity contribution in [2.24, 2.45) is 0 Å². The van der Waals surface area contributed by atoms with Crippen LogP contribution in [0.15, 0.2) is 152 Å². The number of para-hydroxylation sites is 2. The summed E-state index contributed by atoms with van der Waals surface area (Å²) < 4.78 is 11.0. The van der Waals surface area contributed by atoms with Crippen molar-refractivity contribution in [1.82, 2.24) is 19.1 Å². The molecular formula is C42H33N5O. The lowest BCUT2D eigenvalue weighted by Crippen LogP contribution is -2.25. The third-order valence-corrected chi connectivity index (χ3v) is 9.65. The van der Waals surface area contributed by atoms with Gasteiger partial charge in [-0.2, -0.15) is 0 Å². The van der Waals surface area contributed by atoms with Gasteiger partial charge in [0.15, 0.2) is 0 Å². The Hall–Kier alpha value is -6.14. The number of ether oxygens (including phenoxy) is 1. The highest BCUT2D eigenvalue weighted by Crippen LogP contribution is 2.41. The van der Waals surface area contributed by atoms with Gasteiger partial charge in [0, 0.05) is 58.2 Å². The minimum absolute atomic E-state index is 0.189. The monoisotopic (exact) mass is 623 g/mol. The van der Waals surface area contributed by atoms with Gasteiger partial charge in [0.1, 0.15) is 29.8 Å². The van der Waals surface area contributed by atoms with Gasteiger partial charge in [-0.15, -0.1) is 0 Å². The van der Waals surface area contributed by atoms with Crippen LogP contribution in [-0.4, -0.2) is 19.1 Å². The third kappa shape index (κ3) is 4.56. The number of rotatable bonds is 6. The Morgan fingerprint density at radius 3 is 2.33 bits per heavy atom. The van der Waals surface area contributed by atoms with Gasteiger partial charge < -0.3 is 14.2 Å². The van der Waals surface area contributed by atoms with Crippen molar-refractivity contribution in [2.45, 2.75) is 25.9 Å². The van der Waals surface area contributed by atoms with Crippen molar-refractivity contribution >= 4 is 33.2 Å². The van der Waals surface area contributed by atoms with Crippen LogP contribution in [0.1, 0.15) is 25.0 Å². The van der Waals surface area contributed by atoms with E-state index < -0.39 is 0 Å². The van der Waals surface area contributed by atoms with E-state index in [2.05, 4.69) is 160 Å². The van der Waals surface area contributed by atoms with E-state index in [1.807, 2.05) is 24.7 Å². The molecule has 0 amide bonds. The smallest absolute Gasteiger partial charge is 0.143 e. The first-order valence-corrected chi connectivity index (χ1v) is 16.3. The van der Waals surface area contributed by atoms with Crippen LogP contribution in [-0.2, 0) is 12.1 Å². The normalized spacial score (nSPS) is 12.7. The summed E-state index contributed by atoms with van der Waals surface area (Å²) in [5, 5.41) is 2.33. The van der Waals surface area contributed by atoms with E-state index in [0.717, 1.165) is 56.5 Å². The van der Waals surface area contributed by atoms with E-state index in [1.165, 1.54) is 16.5 Å². The van der Waals surface area contributed by atoms with E-state index in [-0.39, 0.29) is 5.41 Å². The molecule has 0 fully saturated rings. The molecule has 0 saturated heterocycles. The Morgan fingerprint density at radius 2 is 1.42 bits per heavy atom. The Kier molecular flexibility index (Phi) is 6.44. The molecule has 0 N–H and O–H groups in total. The van der Waals surface area contributed by atoms with E-state index in [9.17, 15) is 0 Å². The summed E-state index contributed by atoms with van der Waals surface area (Å²) in [5.74, 6) is 3.40. The van der Waals surface area contributed by atoms with Crippen LogP contribution in [0.25, 0.3) is 39.0 Å². The van der Waals surface area contributed by atoms with Crippen LogP contribution < -0.4 is 9.64 Å². The first kappa shape index (κ1) is 28.1. The average Bonchev–Trinajstić information content (AvgIpc) is 3.74. The SMILES string of the molecule is CC(C)(c1ccccc1)c1ccnc(-n2c3ccccc3c3ccc(Oc4cccc(N5Cn6ccnc6-c6ccccc65)c4)cc32)c1. The number of hydrogen-bond acceptors (Lipinski definition) is 4. The van der Waals surface area contributed by atoms with Crippen molar-refractivity contribution in [3.8, 4) is 28.7 Å². The van der Waals surface area contributed by atoms with Crippen LogP contribution in [0.2, 0.25) is 0 Å². The summed E-state index contributed by atoms with van der Waals surface area (Å²) in [6, 6.07) is 46.6. The number of benzene rings is 5. The second kappa shape index (κ2) is 11.0. The molecule has 0 bridgehead atoms. The van der Waals surface area contributed by atoms with Crippen LogP contribution in [0, 0.1) is 0 Å². The van der Waals surface area contributed by atoms with Gasteiger partial charge in [-0.05, 0) is 65.7 Å². The molecule has 6 nitrogen and oxygen atoms in total. The van der Waals surface area contributed by atoms with E-state index >= 15 is 0 Å². The lowest BCUT2D eigenvalue weighted by molar-refractivity contribution is 0.483. The Bertz CT molecular complexity index is 2460. The maximum absolute atomic E-state index is 6.60. The number of pyridine rings is 1. The van der Waals surface area contributed by atoms with Crippen molar-refractivity contribution < 1.29 is 4.74 Å². The fraction of sp³-hybridized carbons (Fsp3) is 0.0952. The third-order valence-electron chi connectivity index (χ3n) is 9.65. The molecule has 0 radical (unpaired) electrons. The first-order chi connectivity index (χ1) is 23.5.